The summed E-state index contributed by atoms with van der Waals surface area (Å²) in [5, 5.41) is 11.2. The Morgan fingerprint density at radius 3 is 2.16 bits per heavy atom. The minimum absolute atomic E-state index is 0.214. The van der Waals surface area contributed by atoms with Gasteiger partial charge in [-0.3, -0.25) is 4.99 Å². The zero-order valence-electron chi connectivity index (χ0n) is 13.8. The maximum Gasteiger partial charge on any atom is 0.155 e. The number of hydrogen-bond donors (Lipinski definition) is 1. The summed E-state index contributed by atoms with van der Waals surface area (Å²) in [5.41, 5.74) is 2.03. The average molecular weight is 332 g/mol. The number of anilines is 1. The van der Waals surface area contributed by atoms with Gasteiger partial charge in [0.1, 0.15) is 5.75 Å². The van der Waals surface area contributed by atoms with Crippen molar-refractivity contribution in [2.24, 2.45) is 4.99 Å². The number of aromatic hydroxyl groups is 1. The molecule has 0 saturated carbocycles. The molecule has 0 fully saturated rings. The van der Waals surface area contributed by atoms with Gasteiger partial charge < -0.3 is 9.94 Å². The molecule has 0 aliphatic heterocycles. The van der Waals surface area contributed by atoms with E-state index in [1.807, 2.05) is 66.9 Å². The van der Waals surface area contributed by atoms with Gasteiger partial charge >= 0.3 is 0 Å². The van der Waals surface area contributed by atoms with E-state index in [1.54, 1.807) is 29.3 Å². The molecule has 25 heavy (non-hydrogen) atoms. The molecule has 0 aromatic heterocycles. The molecular formula is C21H20N2O2. The summed E-state index contributed by atoms with van der Waals surface area (Å²) >= 11 is 0. The smallest absolute Gasteiger partial charge is 0.155 e. The molecule has 0 amide bonds. The number of benzene rings is 3. The van der Waals surface area contributed by atoms with E-state index in [9.17, 15) is 5.11 Å². The fourth-order valence-corrected chi connectivity index (χ4v) is 2.31. The summed E-state index contributed by atoms with van der Waals surface area (Å²) in [6.07, 6.45) is 1.86. The number of rotatable bonds is 7. The number of hydrogen-bond acceptors (Lipinski definition) is 4. The summed E-state index contributed by atoms with van der Waals surface area (Å²) in [4.78, 5) is 10.4. The van der Waals surface area contributed by atoms with Gasteiger partial charge in [-0.2, -0.15) is 0 Å². The van der Waals surface area contributed by atoms with Gasteiger partial charge in [0.25, 0.3) is 0 Å². The van der Waals surface area contributed by atoms with Gasteiger partial charge in [0.15, 0.2) is 5.75 Å². The number of phenolic OH excluding ortho intramolecular Hbond substituents is 1. The molecule has 0 atom stereocenters. The first-order chi connectivity index (χ1) is 12.3. The van der Waals surface area contributed by atoms with Gasteiger partial charge in [-0.05, 0) is 42.0 Å². The van der Waals surface area contributed by atoms with Crippen molar-refractivity contribution in [3.05, 3.63) is 90.5 Å². The molecule has 3 rings (SSSR count). The van der Waals surface area contributed by atoms with E-state index in [0.29, 0.717) is 18.8 Å². The third kappa shape index (κ3) is 5.11. The minimum Gasteiger partial charge on any atom is -0.508 e. The normalized spacial score (nSPS) is 10.7. The van der Waals surface area contributed by atoms with Crippen LogP contribution >= 0.6 is 0 Å². The molecule has 3 aromatic carbocycles. The van der Waals surface area contributed by atoms with Gasteiger partial charge in [0.05, 0.1) is 18.8 Å². The highest BCUT2D eigenvalue weighted by molar-refractivity contribution is 5.79. The summed E-state index contributed by atoms with van der Waals surface area (Å²) in [6.45, 7) is 1.20. The van der Waals surface area contributed by atoms with Crippen molar-refractivity contribution >= 4 is 11.9 Å². The van der Waals surface area contributed by atoms with E-state index >= 15 is 0 Å². The van der Waals surface area contributed by atoms with E-state index < -0.39 is 0 Å². The molecule has 0 aliphatic rings. The minimum atomic E-state index is 0.214. The van der Waals surface area contributed by atoms with Crippen LogP contribution in [0.4, 0.5) is 5.69 Å². The van der Waals surface area contributed by atoms with Crippen molar-refractivity contribution < 1.29 is 9.94 Å². The number of phenols is 1. The largest absolute Gasteiger partial charge is 0.508 e. The Balaban J connectivity index is 1.66. The molecule has 0 bridgehead atoms. The molecular weight excluding hydrogens is 312 g/mol. The fourth-order valence-electron chi connectivity index (χ4n) is 2.31. The van der Waals surface area contributed by atoms with Gasteiger partial charge in [-0.15, -0.1) is 0 Å². The van der Waals surface area contributed by atoms with Crippen LogP contribution in [0, 0.1) is 0 Å². The van der Waals surface area contributed by atoms with Crippen LogP contribution in [0.1, 0.15) is 5.56 Å². The molecule has 0 radical (unpaired) electrons. The van der Waals surface area contributed by atoms with E-state index in [-0.39, 0.29) is 5.75 Å². The first kappa shape index (κ1) is 16.6. The molecule has 3 aromatic rings. The molecule has 4 heteroatoms. The fraction of sp³-hybridized carbons (Fsp3) is 0.0952. The van der Waals surface area contributed by atoms with Gasteiger partial charge in [-0.25, -0.2) is 5.06 Å². The lowest BCUT2D eigenvalue weighted by Gasteiger charge is -2.23. The van der Waals surface area contributed by atoms with E-state index in [0.717, 1.165) is 11.3 Å². The maximum absolute atomic E-state index is 9.40. The molecule has 0 spiro atoms. The van der Waals surface area contributed by atoms with Crippen LogP contribution in [0.5, 0.6) is 11.5 Å². The molecule has 0 saturated heterocycles. The van der Waals surface area contributed by atoms with Crippen molar-refractivity contribution in [3.8, 4) is 11.5 Å². The lowest BCUT2D eigenvalue weighted by atomic mass is 10.2. The zero-order chi connectivity index (χ0) is 17.3. The lowest BCUT2D eigenvalue weighted by molar-refractivity contribution is 0.281. The highest BCUT2D eigenvalue weighted by Gasteiger charge is 2.08. The summed E-state index contributed by atoms with van der Waals surface area (Å²) in [6, 6.07) is 26.6. The van der Waals surface area contributed by atoms with Crippen molar-refractivity contribution in [1.29, 1.82) is 0 Å². The van der Waals surface area contributed by atoms with Crippen LogP contribution in [0.25, 0.3) is 0 Å². The summed E-state index contributed by atoms with van der Waals surface area (Å²) in [7, 11) is 0. The van der Waals surface area contributed by atoms with Crippen molar-refractivity contribution in [3.63, 3.8) is 0 Å². The monoisotopic (exact) mass is 332 g/mol. The molecule has 0 aliphatic carbocycles. The molecule has 126 valence electrons. The topological polar surface area (TPSA) is 45.1 Å². The number of nitrogens with zero attached hydrogens (tertiary/aromatic N) is 2. The Hall–Kier alpha value is -3.27. The SMILES string of the molecule is Oc1ccc(ON(CCN=Cc2ccccc2)c2ccccc2)cc1. The lowest BCUT2D eigenvalue weighted by Crippen LogP contribution is -2.29. The van der Waals surface area contributed by atoms with Crippen molar-refractivity contribution in [2.45, 2.75) is 0 Å². The van der Waals surface area contributed by atoms with E-state index in [2.05, 4.69) is 4.99 Å². The first-order valence-corrected chi connectivity index (χ1v) is 8.16. The van der Waals surface area contributed by atoms with Crippen LogP contribution in [0.3, 0.4) is 0 Å². The third-order valence-corrected chi connectivity index (χ3v) is 3.57. The second kappa shape index (κ2) is 8.55. The molecule has 1 N–H and O–H groups in total. The third-order valence-electron chi connectivity index (χ3n) is 3.57. The zero-order valence-corrected chi connectivity index (χ0v) is 13.8. The van der Waals surface area contributed by atoms with Crippen LogP contribution in [-0.2, 0) is 0 Å². The average Bonchev–Trinajstić information content (AvgIpc) is 2.67. The first-order valence-electron chi connectivity index (χ1n) is 8.16. The second-order valence-electron chi connectivity index (χ2n) is 5.47. The Morgan fingerprint density at radius 2 is 1.48 bits per heavy atom. The predicted octanol–water partition coefficient (Wildman–Crippen LogP) is 4.31. The predicted molar refractivity (Wildman–Crippen MR) is 101 cm³/mol. The summed E-state index contributed by atoms with van der Waals surface area (Å²) < 4.78 is 0. The second-order valence-corrected chi connectivity index (χ2v) is 5.47. The highest BCUT2D eigenvalue weighted by atomic mass is 16.7. The van der Waals surface area contributed by atoms with Gasteiger partial charge in [0, 0.05) is 6.21 Å². The number of hydroxylamine groups is 1. The van der Waals surface area contributed by atoms with Crippen LogP contribution in [0.2, 0.25) is 0 Å². The Morgan fingerprint density at radius 1 is 0.840 bits per heavy atom. The van der Waals surface area contributed by atoms with Gasteiger partial charge in [0.2, 0.25) is 0 Å². The van der Waals surface area contributed by atoms with E-state index in [4.69, 9.17) is 4.84 Å². The Labute approximate surface area is 147 Å². The molecule has 0 unspecified atom stereocenters. The Kier molecular flexibility index (Phi) is 5.67. The molecule has 4 nitrogen and oxygen atoms in total. The van der Waals surface area contributed by atoms with Crippen LogP contribution < -0.4 is 9.90 Å². The summed E-state index contributed by atoms with van der Waals surface area (Å²) in [5.74, 6) is 0.875. The quantitative estimate of drug-likeness (QED) is 0.518. The molecule has 0 heterocycles. The van der Waals surface area contributed by atoms with Crippen LogP contribution in [-0.4, -0.2) is 24.4 Å². The van der Waals surface area contributed by atoms with Crippen molar-refractivity contribution in [1.82, 2.24) is 0 Å². The van der Waals surface area contributed by atoms with E-state index in [1.165, 1.54) is 0 Å². The van der Waals surface area contributed by atoms with Crippen LogP contribution in [0.15, 0.2) is 89.9 Å². The number of para-hydroxylation sites is 1. The Bertz CT molecular complexity index is 787. The standard InChI is InChI=1S/C21H20N2O2/c24-20-11-13-21(14-12-20)25-23(19-9-5-2-6-10-19)16-15-22-17-18-7-3-1-4-8-18/h1-14,17,24H,15-16H2. The number of aliphatic imine (C=N–C) groups is 1. The van der Waals surface area contributed by atoms with Crippen molar-refractivity contribution in [2.75, 3.05) is 18.2 Å². The maximum atomic E-state index is 9.40. The van der Waals surface area contributed by atoms with Gasteiger partial charge in [-0.1, -0.05) is 48.5 Å². The highest BCUT2D eigenvalue weighted by Crippen LogP contribution is 2.20.